The quantitative estimate of drug-likeness (QED) is 0.539. The van der Waals surface area contributed by atoms with Crippen LogP contribution in [0.1, 0.15) is 18.7 Å². The average molecular weight is 155 g/mol. The fourth-order valence-corrected chi connectivity index (χ4v) is 0.721. The van der Waals surface area contributed by atoms with Gasteiger partial charge in [-0.15, -0.1) is 0 Å². The molecule has 1 aromatic rings. The molecule has 1 atom stereocenters. The number of aliphatic hydroxyl groups is 1. The predicted molar refractivity (Wildman–Crippen MR) is 39.4 cm³/mol. The first-order valence-electron chi connectivity index (χ1n) is 3.21. The monoisotopic (exact) mass is 155 g/mol. The van der Waals surface area contributed by atoms with Crippen LogP contribution in [0.3, 0.4) is 0 Å². The molecule has 0 saturated carbocycles. The van der Waals surface area contributed by atoms with Crippen LogP contribution in [0, 0.1) is 0 Å². The van der Waals surface area contributed by atoms with Gasteiger partial charge in [0, 0.05) is 18.0 Å². The smallest absolute Gasteiger partial charge is 0.223 e. The van der Waals surface area contributed by atoms with Gasteiger partial charge >= 0.3 is 0 Å². The van der Waals surface area contributed by atoms with Gasteiger partial charge in [0.15, 0.2) is 5.75 Å². The van der Waals surface area contributed by atoms with Crippen molar-refractivity contribution in [2.45, 2.75) is 13.0 Å². The van der Waals surface area contributed by atoms with Crippen molar-refractivity contribution < 1.29 is 10.2 Å². The zero-order valence-corrected chi connectivity index (χ0v) is 6.03. The van der Waals surface area contributed by atoms with E-state index in [1.807, 2.05) is 0 Å². The Bertz CT molecular complexity index is 303. The van der Waals surface area contributed by atoms with E-state index in [0.29, 0.717) is 5.69 Å². The third-order valence-electron chi connectivity index (χ3n) is 1.36. The Morgan fingerprint density at radius 3 is 2.73 bits per heavy atom. The minimum Gasteiger partial charge on any atom is -0.503 e. The molecule has 11 heavy (non-hydrogen) atoms. The highest BCUT2D eigenvalue weighted by molar-refractivity contribution is 5.19. The SMILES string of the molecule is CC(O)c1cc(=O)c(O)c[nH]1. The van der Waals surface area contributed by atoms with Crippen LogP contribution in [0.25, 0.3) is 0 Å². The molecule has 1 heterocycles. The van der Waals surface area contributed by atoms with E-state index in [1.54, 1.807) is 0 Å². The lowest BCUT2D eigenvalue weighted by atomic mass is 10.2. The normalized spacial score (nSPS) is 12.9. The second-order valence-electron chi connectivity index (χ2n) is 2.31. The lowest BCUT2D eigenvalue weighted by molar-refractivity contribution is 0.194. The molecule has 60 valence electrons. The first-order valence-corrected chi connectivity index (χ1v) is 3.21. The van der Waals surface area contributed by atoms with Crippen molar-refractivity contribution in [3.8, 4) is 5.75 Å². The summed E-state index contributed by atoms with van der Waals surface area (Å²) in [5.41, 5.74) is -0.0903. The first-order chi connectivity index (χ1) is 5.11. The molecule has 0 aliphatic rings. The highest BCUT2D eigenvalue weighted by atomic mass is 16.3. The first kappa shape index (κ1) is 7.81. The number of nitrogens with one attached hydrogen (secondary N) is 1. The van der Waals surface area contributed by atoms with E-state index in [0.717, 1.165) is 6.20 Å². The van der Waals surface area contributed by atoms with Gasteiger partial charge in [0.25, 0.3) is 0 Å². The molecule has 0 spiro atoms. The van der Waals surface area contributed by atoms with Crippen molar-refractivity contribution in [2.24, 2.45) is 0 Å². The molecule has 3 N–H and O–H groups in total. The predicted octanol–water partition coefficient (Wildman–Crippen LogP) is 0.134. The van der Waals surface area contributed by atoms with E-state index in [4.69, 9.17) is 10.2 Å². The van der Waals surface area contributed by atoms with Crippen molar-refractivity contribution in [3.05, 3.63) is 28.2 Å². The fraction of sp³-hybridized carbons (Fsp3) is 0.286. The van der Waals surface area contributed by atoms with E-state index >= 15 is 0 Å². The molecular formula is C7H9NO3. The lowest BCUT2D eigenvalue weighted by Crippen LogP contribution is -2.04. The minimum absolute atomic E-state index is 0.339. The van der Waals surface area contributed by atoms with E-state index in [9.17, 15) is 4.79 Å². The summed E-state index contributed by atoms with van der Waals surface area (Å²) in [6.07, 6.45) is 0.438. The van der Waals surface area contributed by atoms with Crippen LogP contribution in [0.15, 0.2) is 17.1 Å². The summed E-state index contributed by atoms with van der Waals surface area (Å²) in [6.45, 7) is 1.53. The third-order valence-corrected chi connectivity index (χ3v) is 1.36. The van der Waals surface area contributed by atoms with Gasteiger partial charge in [-0.3, -0.25) is 4.79 Å². The molecule has 0 aliphatic heterocycles. The summed E-state index contributed by atoms with van der Waals surface area (Å²) in [5.74, 6) is -0.339. The molecule has 0 radical (unpaired) electrons. The Morgan fingerprint density at radius 2 is 2.27 bits per heavy atom. The van der Waals surface area contributed by atoms with Crippen molar-refractivity contribution in [3.63, 3.8) is 0 Å². The number of pyridine rings is 1. The van der Waals surface area contributed by atoms with Gasteiger partial charge in [-0.25, -0.2) is 0 Å². The highest BCUT2D eigenvalue weighted by Crippen LogP contribution is 2.07. The van der Waals surface area contributed by atoms with E-state index in [1.165, 1.54) is 13.0 Å². The maximum absolute atomic E-state index is 10.8. The van der Waals surface area contributed by atoms with Crippen LogP contribution in [0.4, 0.5) is 0 Å². The summed E-state index contributed by atoms with van der Waals surface area (Å²) < 4.78 is 0. The van der Waals surface area contributed by atoms with Gasteiger partial charge in [0.2, 0.25) is 5.43 Å². The highest BCUT2D eigenvalue weighted by Gasteiger charge is 2.02. The molecule has 4 nitrogen and oxygen atoms in total. The Labute approximate surface area is 63.1 Å². The van der Waals surface area contributed by atoms with Crippen molar-refractivity contribution in [2.75, 3.05) is 0 Å². The number of aliphatic hydroxyl groups excluding tert-OH is 1. The molecule has 0 saturated heterocycles. The van der Waals surface area contributed by atoms with Gasteiger partial charge in [-0.1, -0.05) is 0 Å². The Balaban J connectivity index is 3.16. The molecule has 0 amide bonds. The molecule has 4 heteroatoms. The van der Waals surface area contributed by atoms with Gasteiger partial charge < -0.3 is 15.2 Å². The molecule has 0 bridgehead atoms. The number of aromatic hydroxyl groups is 1. The van der Waals surface area contributed by atoms with Crippen molar-refractivity contribution >= 4 is 0 Å². The Hall–Kier alpha value is -1.29. The van der Waals surface area contributed by atoms with Crippen molar-refractivity contribution in [1.29, 1.82) is 0 Å². The molecule has 1 unspecified atom stereocenters. The number of hydrogen-bond acceptors (Lipinski definition) is 3. The topological polar surface area (TPSA) is 73.3 Å². The number of rotatable bonds is 1. The number of hydrogen-bond donors (Lipinski definition) is 3. The molecule has 1 aromatic heterocycles. The van der Waals surface area contributed by atoms with E-state index in [-0.39, 0.29) is 5.75 Å². The zero-order valence-electron chi connectivity index (χ0n) is 6.03. The molecule has 0 aromatic carbocycles. The molecule has 0 aliphatic carbocycles. The number of H-pyrrole nitrogens is 1. The van der Waals surface area contributed by atoms with Gasteiger partial charge in [0.1, 0.15) is 0 Å². The van der Waals surface area contributed by atoms with Crippen LogP contribution in [0.5, 0.6) is 5.75 Å². The van der Waals surface area contributed by atoms with Gasteiger partial charge in [0.05, 0.1) is 6.10 Å². The number of aromatic nitrogens is 1. The Kier molecular flexibility index (Phi) is 1.96. The summed E-state index contributed by atoms with van der Waals surface area (Å²) in [6, 6.07) is 1.17. The third kappa shape index (κ3) is 1.59. The second kappa shape index (κ2) is 2.75. The van der Waals surface area contributed by atoms with E-state index < -0.39 is 11.5 Å². The fourth-order valence-electron chi connectivity index (χ4n) is 0.721. The molecular weight excluding hydrogens is 146 g/mol. The Morgan fingerprint density at radius 1 is 1.64 bits per heavy atom. The van der Waals surface area contributed by atoms with Crippen LogP contribution < -0.4 is 5.43 Å². The van der Waals surface area contributed by atoms with Gasteiger partial charge in [-0.05, 0) is 6.92 Å². The maximum Gasteiger partial charge on any atom is 0.223 e. The zero-order chi connectivity index (χ0) is 8.43. The summed E-state index contributed by atoms with van der Waals surface area (Å²) in [4.78, 5) is 13.3. The maximum atomic E-state index is 10.8. The largest absolute Gasteiger partial charge is 0.503 e. The van der Waals surface area contributed by atoms with Crippen LogP contribution >= 0.6 is 0 Å². The molecule has 1 rings (SSSR count). The lowest BCUT2D eigenvalue weighted by Gasteiger charge is -2.02. The summed E-state index contributed by atoms with van der Waals surface area (Å²) in [5, 5.41) is 17.8. The van der Waals surface area contributed by atoms with Crippen molar-refractivity contribution in [1.82, 2.24) is 4.98 Å². The summed E-state index contributed by atoms with van der Waals surface area (Å²) >= 11 is 0. The average Bonchev–Trinajstić information content (AvgIpc) is 1.94. The van der Waals surface area contributed by atoms with Crippen LogP contribution in [0.2, 0.25) is 0 Å². The summed E-state index contributed by atoms with van der Waals surface area (Å²) in [7, 11) is 0. The van der Waals surface area contributed by atoms with Gasteiger partial charge in [-0.2, -0.15) is 0 Å². The van der Waals surface area contributed by atoms with E-state index in [2.05, 4.69) is 4.98 Å². The van der Waals surface area contributed by atoms with Crippen LogP contribution in [-0.4, -0.2) is 15.2 Å². The minimum atomic E-state index is -0.719. The second-order valence-corrected chi connectivity index (χ2v) is 2.31. The molecule has 0 fully saturated rings. The number of aromatic amines is 1. The standard InChI is InChI=1S/C7H9NO3/c1-4(9)5-2-6(10)7(11)3-8-5/h2-4,9,11H,1H3,(H,8,10). The van der Waals surface area contributed by atoms with Crippen LogP contribution in [-0.2, 0) is 0 Å².